The number of nitrogens with one attached hydrogen (secondary N) is 7. The Hall–Kier alpha value is -16.3. The molecule has 0 bridgehead atoms. The third kappa shape index (κ3) is 30.0. The number of benzene rings is 9. The number of hydrogen-bond donors (Lipinski definition) is 7. The van der Waals surface area contributed by atoms with Crippen LogP contribution in [0.3, 0.4) is 0 Å². The summed E-state index contributed by atoms with van der Waals surface area (Å²) in [5.74, 6) is -13.7. The zero-order valence-electron chi connectivity index (χ0n) is 83.2. The first-order chi connectivity index (χ1) is 71.4. The molecule has 784 valence electrons. The number of alkyl carbamates (subject to hydrolysis) is 3. The van der Waals surface area contributed by atoms with Crippen LogP contribution in [0, 0.1) is 62.3 Å². The third-order valence-corrected chi connectivity index (χ3v) is 24.3. The van der Waals surface area contributed by atoms with Gasteiger partial charge in [0.15, 0.2) is 73.8 Å². The fourth-order valence-electron chi connectivity index (χ4n) is 15.8. The second-order valence-electron chi connectivity index (χ2n) is 35.7. The Labute approximate surface area is 855 Å². The van der Waals surface area contributed by atoms with Crippen molar-refractivity contribution in [2.24, 2.45) is 0 Å². The van der Waals surface area contributed by atoms with Gasteiger partial charge in [0.25, 0.3) is 0 Å². The Morgan fingerprint density at radius 1 is 0.248 bits per heavy atom. The second kappa shape index (κ2) is 51.6. The van der Waals surface area contributed by atoms with Gasteiger partial charge in [-0.25, -0.2) is 57.5 Å². The van der Waals surface area contributed by atoms with Gasteiger partial charge in [0.1, 0.15) is 56.3 Å². The number of esters is 9. The highest BCUT2D eigenvalue weighted by molar-refractivity contribution is 5.96. The number of aryl methyl sites for hydroxylation is 9. The Morgan fingerprint density at radius 3 is 0.617 bits per heavy atom. The lowest BCUT2D eigenvalue weighted by Gasteiger charge is -2.44. The summed E-state index contributed by atoms with van der Waals surface area (Å²) in [5.41, 5.74) is 6.79. The molecule has 13 rings (SSSR count). The van der Waals surface area contributed by atoms with E-state index in [0.29, 0.717) is 0 Å². The number of methoxy groups -OCH3 is 3. The maximum absolute atomic E-state index is 15.3. The van der Waals surface area contributed by atoms with Crippen LogP contribution in [-0.2, 0) is 104 Å². The molecule has 0 aromatic heterocycles. The van der Waals surface area contributed by atoms with Gasteiger partial charge in [-0.1, -0.05) is 159 Å². The van der Waals surface area contributed by atoms with Gasteiger partial charge >= 0.3 is 72.0 Å². The molecule has 0 unspecified atom stereocenters. The fourth-order valence-corrected chi connectivity index (χ4v) is 15.8. The first-order valence-electron chi connectivity index (χ1n) is 47.4. The summed E-state index contributed by atoms with van der Waals surface area (Å²) < 4.78 is 109. The second-order valence-corrected chi connectivity index (χ2v) is 35.7. The minimum absolute atomic E-state index is 0.00693. The molecule has 7 N–H and O–H groups in total. The van der Waals surface area contributed by atoms with Crippen LogP contribution in [0.1, 0.15) is 150 Å². The lowest BCUT2D eigenvalue weighted by atomic mass is 9.97. The van der Waals surface area contributed by atoms with E-state index in [2.05, 4.69) is 37.2 Å². The molecule has 41 nitrogen and oxygen atoms in total. The standard InChI is InChI=1S/C108H113N7O34/c1-57-13-31-66(32-14-57)94(120)141-82-78(138-103(132-10)88(147-100(126)72-43-25-63(7)26-44-72)85(82)144-97(123)69-37-19-60(4)20-38-69)54-135-106(129)113-75-51-110-81(116)49-50-109-91(117)76(114-107(130)136-55-79-83(142-95(121)67-33-15-58(2)16-34-67)86(145-98(124)70-39-21-61(5)22-40-70)89(104(133-11)139-79)148-101(127)73-45-27-64(8)28-46-73)52-111-93(119)77(53-112-92(75)118)115-108(131)137-56-80-84(143-96(122)68-35-17-59(3)18-36-68)87(146-99(125)71-41-23-62(6)24-42-71)90(105(134-12)140-80)149-102(128)74-47-29-65(9)30-48-74/h13-48,75-80,82-90,103-105H,49-56H2,1-12H3,(H,109,117)(H,110,116)(H,111,119)(H,112,118)(H,113,129)(H,114,130)(H,115,131)/t75-,76-,77-,78+,79+,80+,82+,83+,84-,85-,86-,87-,88+,89-,90+,103-,104-,105-/m0/s1. The third-order valence-electron chi connectivity index (χ3n) is 24.3. The van der Waals surface area contributed by atoms with E-state index in [1.165, 1.54) is 109 Å². The smallest absolute Gasteiger partial charge is 0.407 e. The van der Waals surface area contributed by atoms with E-state index < -0.39 is 258 Å². The Kier molecular flexibility index (Phi) is 38.1. The molecule has 18 atom stereocenters. The monoisotopic (exact) mass is 2050 g/mol. The average molecular weight is 2050 g/mol. The van der Waals surface area contributed by atoms with E-state index in [-0.39, 0.29) is 50.1 Å². The maximum atomic E-state index is 15.3. The van der Waals surface area contributed by atoms with Crippen LogP contribution in [-0.4, -0.2) is 273 Å². The number of carbonyl (C=O) groups excluding carboxylic acids is 16. The minimum atomic E-state index is -2.13. The van der Waals surface area contributed by atoms with Crippen molar-refractivity contribution in [1.82, 2.24) is 37.2 Å². The number of rotatable bonds is 30. The molecule has 0 spiro atoms. The van der Waals surface area contributed by atoms with Gasteiger partial charge < -0.3 is 122 Å². The predicted octanol–water partition coefficient (Wildman–Crippen LogP) is 9.06. The van der Waals surface area contributed by atoms with E-state index in [9.17, 15) is 67.1 Å². The predicted molar refractivity (Wildman–Crippen MR) is 522 cm³/mol. The Balaban J connectivity index is 0.797. The number of ether oxygens (including phenoxy) is 18. The number of hydrogen-bond acceptors (Lipinski definition) is 34. The Morgan fingerprint density at radius 2 is 0.423 bits per heavy atom. The topological polar surface area (TPSA) is 523 Å². The zero-order chi connectivity index (χ0) is 107. The van der Waals surface area contributed by atoms with E-state index in [1.54, 1.807) is 172 Å². The van der Waals surface area contributed by atoms with Crippen LogP contribution >= 0.6 is 0 Å². The van der Waals surface area contributed by atoms with Crippen LogP contribution in [0.5, 0.6) is 0 Å². The minimum Gasteiger partial charge on any atom is -0.452 e. The molecule has 4 fully saturated rings. The van der Waals surface area contributed by atoms with Gasteiger partial charge in [-0.3, -0.25) is 19.2 Å². The van der Waals surface area contributed by atoms with Gasteiger partial charge in [-0.15, -0.1) is 0 Å². The van der Waals surface area contributed by atoms with Gasteiger partial charge in [0, 0.05) is 53.9 Å². The molecule has 0 aliphatic carbocycles. The van der Waals surface area contributed by atoms with Crippen molar-refractivity contribution in [3.63, 3.8) is 0 Å². The molecular formula is C108H113N7O34. The summed E-state index contributed by atoms with van der Waals surface area (Å²) >= 11 is 0. The molecule has 7 amide bonds. The van der Waals surface area contributed by atoms with Gasteiger partial charge in [-0.05, 0) is 172 Å². The SMILES string of the molecule is CO[C@H]1O[C@H](COC(=O)N[C@H]2CNC(=O)[C@@H](NC(=O)OC[C@H]3O[C@H](OC)[C@H](OC(=O)c4ccc(C)cc4)[C@@H](OC(=O)c4ccc(C)cc4)[C@H]3OC(=O)c3ccc(C)cc3)CNC(=O)[C@@H](NC(=O)OC[C@H]3O[C@H](OC)[C@H](OC(=O)c4ccc(C)cc4)[C@@H](OC(=O)c4ccc(C)cc4)[C@@H]3OC(=O)c3ccc(C)cc3)CNC(=O)CCNC2=O)[C@@H](OC(=O)c2ccc(C)cc2)[C@H](OC(=O)c2ccc(C)cc2)[C@@H]1OC(=O)c1ccc(C)cc1. The van der Waals surface area contributed by atoms with Crippen LogP contribution in [0.2, 0.25) is 0 Å². The van der Waals surface area contributed by atoms with Gasteiger partial charge in [0.2, 0.25) is 23.6 Å². The maximum Gasteiger partial charge on any atom is 0.407 e. The van der Waals surface area contributed by atoms with Crippen LogP contribution in [0.15, 0.2) is 218 Å². The Bertz CT molecular complexity index is 6050. The highest BCUT2D eigenvalue weighted by Gasteiger charge is 2.57. The van der Waals surface area contributed by atoms with Crippen molar-refractivity contribution in [2.75, 3.05) is 67.3 Å². The molecule has 0 radical (unpaired) electrons. The van der Waals surface area contributed by atoms with Crippen LogP contribution in [0.4, 0.5) is 14.4 Å². The molecular weight excluding hydrogens is 1940 g/mol. The van der Waals surface area contributed by atoms with E-state index >= 15 is 9.59 Å². The summed E-state index contributed by atoms with van der Waals surface area (Å²) in [6.07, 6.45) is -32.1. The summed E-state index contributed by atoms with van der Waals surface area (Å²) in [4.78, 5) is 232. The molecule has 9 aromatic rings. The molecule has 0 saturated carbocycles. The summed E-state index contributed by atoms with van der Waals surface area (Å²) in [6, 6.07) is 49.2. The normalized spacial score (nSPS) is 23.0. The first-order valence-corrected chi connectivity index (χ1v) is 47.4. The van der Waals surface area contributed by atoms with Crippen molar-refractivity contribution < 1.29 is 162 Å². The van der Waals surface area contributed by atoms with E-state index in [4.69, 9.17) is 85.3 Å². The first kappa shape index (κ1) is 110. The van der Waals surface area contributed by atoms with Crippen molar-refractivity contribution >= 4 is 95.6 Å². The summed E-state index contributed by atoms with van der Waals surface area (Å²) in [5, 5.41) is 16.8. The summed E-state index contributed by atoms with van der Waals surface area (Å²) in [7, 11) is 3.44. The lowest BCUT2D eigenvalue weighted by molar-refractivity contribution is -0.291. The van der Waals surface area contributed by atoms with Crippen LogP contribution < -0.4 is 37.2 Å². The molecule has 4 saturated heterocycles. The fraction of sp³-hybridized carbons (Fsp3) is 0.352. The summed E-state index contributed by atoms with van der Waals surface area (Å²) in [6.45, 7) is 9.47. The van der Waals surface area contributed by atoms with Crippen molar-refractivity contribution in [2.45, 2.75) is 179 Å². The lowest BCUT2D eigenvalue weighted by Crippen LogP contribution is -2.63. The molecule has 149 heavy (non-hydrogen) atoms. The largest absolute Gasteiger partial charge is 0.452 e. The molecule has 41 heteroatoms. The molecule has 4 heterocycles. The molecule has 4 aliphatic rings. The van der Waals surface area contributed by atoms with Crippen LogP contribution in [0.25, 0.3) is 0 Å². The molecule has 9 aromatic carbocycles. The number of amides is 7. The van der Waals surface area contributed by atoms with E-state index in [1.807, 2.05) is 0 Å². The molecule has 4 aliphatic heterocycles. The van der Waals surface area contributed by atoms with Crippen molar-refractivity contribution in [1.29, 1.82) is 0 Å². The zero-order valence-corrected chi connectivity index (χ0v) is 83.2. The quantitative estimate of drug-likeness (QED) is 0.0163. The number of carbonyl (C=O) groups is 16. The van der Waals surface area contributed by atoms with Gasteiger partial charge in [-0.2, -0.15) is 0 Å². The van der Waals surface area contributed by atoms with Gasteiger partial charge in [0.05, 0.1) is 50.1 Å². The van der Waals surface area contributed by atoms with Crippen molar-refractivity contribution in [3.8, 4) is 0 Å². The van der Waals surface area contributed by atoms with Crippen molar-refractivity contribution in [3.05, 3.63) is 319 Å². The highest BCUT2D eigenvalue weighted by Crippen LogP contribution is 2.37. The highest BCUT2D eigenvalue weighted by atomic mass is 16.8. The van der Waals surface area contributed by atoms with E-state index in [0.717, 1.165) is 71.4 Å². The average Bonchev–Trinajstić information content (AvgIpc) is 0.781.